The molecule has 0 bridgehead atoms. The predicted octanol–water partition coefficient (Wildman–Crippen LogP) is 7.16. The SMILES string of the molecule is CCOc1cc2nc(CC)c(C#N)c(Nc3ccc(N4CCc5cccnc5C4)c(Cl)c3)c2cc1NC(=O)/C=C/CCl. The van der Waals surface area contributed by atoms with E-state index in [1.165, 1.54) is 11.6 Å². The van der Waals surface area contributed by atoms with Crippen molar-refractivity contribution in [1.29, 1.82) is 5.26 Å². The van der Waals surface area contributed by atoms with Gasteiger partial charge in [0.1, 0.15) is 11.8 Å². The number of halogens is 2. The topological polar surface area (TPSA) is 103 Å². The van der Waals surface area contributed by atoms with Crippen LogP contribution in [-0.2, 0) is 24.2 Å². The summed E-state index contributed by atoms with van der Waals surface area (Å²) in [5.74, 6) is 0.352. The van der Waals surface area contributed by atoms with E-state index >= 15 is 0 Å². The number of aryl methyl sites for hydroxylation is 1. The standard InChI is InChI=1S/C32H30Cl2N6O2/c1-3-25-23(18-35)32(22-16-27(39-31(41)8-5-12-33)30(42-4-2)17-26(22)38-25)37-21-9-10-29(24(34)15-21)40-14-11-20-7-6-13-36-28(20)19-40/h5-10,13,15-17H,3-4,11-12,14,19H2,1-2H3,(H,37,38)(H,39,41)/b8-5+. The van der Waals surface area contributed by atoms with Gasteiger partial charge in [-0.3, -0.25) is 14.8 Å². The summed E-state index contributed by atoms with van der Waals surface area (Å²) in [5, 5.41) is 17.7. The van der Waals surface area contributed by atoms with Crippen LogP contribution in [0.25, 0.3) is 10.9 Å². The third-order valence-electron chi connectivity index (χ3n) is 7.06. The van der Waals surface area contributed by atoms with E-state index in [1.54, 1.807) is 18.2 Å². The number of nitriles is 1. The van der Waals surface area contributed by atoms with Gasteiger partial charge in [-0.1, -0.05) is 30.7 Å². The number of anilines is 4. The van der Waals surface area contributed by atoms with Crippen molar-refractivity contribution in [3.8, 4) is 11.8 Å². The molecule has 0 atom stereocenters. The Balaban J connectivity index is 1.54. The third kappa shape index (κ3) is 6.13. The molecule has 8 nitrogen and oxygen atoms in total. The Bertz CT molecular complexity index is 1720. The van der Waals surface area contributed by atoms with E-state index < -0.39 is 0 Å². The first kappa shape index (κ1) is 29.2. The van der Waals surface area contributed by atoms with Gasteiger partial charge in [0.15, 0.2) is 0 Å². The number of fused-ring (bicyclic) bond motifs is 2. The van der Waals surface area contributed by atoms with Gasteiger partial charge in [0.05, 0.1) is 57.7 Å². The maximum Gasteiger partial charge on any atom is 0.248 e. The summed E-state index contributed by atoms with van der Waals surface area (Å²) in [6.45, 7) is 5.75. The van der Waals surface area contributed by atoms with Crippen molar-refractivity contribution in [2.24, 2.45) is 0 Å². The highest BCUT2D eigenvalue weighted by Crippen LogP contribution is 2.39. The molecule has 214 valence electrons. The van der Waals surface area contributed by atoms with Crippen LogP contribution in [-0.4, -0.2) is 34.9 Å². The molecular formula is C32H30Cl2N6O2. The molecule has 4 aromatic rings. The molecule has 5 rings (SSSR count). The fourth-order valence-electron chi connectivity index (χ4n) is 5.09. The molecule has 1 amide bonds. The summed E-state index contributed by atoms with van der Waals surface area (Å²) in [6, 6.07) is 15.8. The van der Waals surface area contributed by atoms with Gasteiger partial charge in [-0.2, -0.15) is 5.26 Å². The molecule has 0 unspecified atom stereocenters. The van der Waals surface area contributed by atoms with Crippen LogP contribution in [0.4, 0.5) is 22.7 Å². The second-order valence-corrected chi connectivity index (χ2v) is 10.4. The van der Waals surface area contributed by atoms with Crippen molar-refractivity contribution in [3.05, 3.63) is 88.4 Å². The number of nitrogens with one attached hydrogen (secondary N) is 2. The largest absolute Gasteiger partial charge is 0.492 e. The summed E-state index contributed by atoms with van der Waals surface area (Å²) in [6.07, 6.45) is 6.20. The minimum absolute atomic E-state index is 0.218. The molecule has 10 heteroatoms. The van der Waals surface area contributed by atoms with Crippen LogP contribution in [0.5, 0.6) is 5.75 Å². The van der Waals surface area contributed by atoms with E-state index in [0.717, 1.165) is 30.0 Å². The first-order chi connectivity index (χ1) is 20.4. The number of pyridine rings is 2. The lowest BCUT2D eigenvalue weighted by molar-refractivity contribution is -0.111. The summed E-state index contributed by atoms with van der Waals surface area (Å²) < 4.78 is 5.83. The molecule has 0 aliphatic carbocycles. The minimum atomic E-state index is -0.345. The van der Waals surface area contributed by atoms with E-state index in [1.807, 2.05) is 44.3 Å². The quantitative estimate of drug-likeness (QED) is 0.155. The zero-order valence-electron chi connectivity index (χ0n) is 23.4. The van der Waals surface area contributed by atoms with Crippen molar-refractivity contribution in [2.75, 3.05) is 34.6 Å². The van der Waals surface area contributed by atoms with Gasteiger partial charge >= 0.3 is 0 Å². The van der Waals surface area contributed by atoms with Crippen molar-refractivity contribution >= 4 is 62.8 Å². The van der Waals surface area contributed by atoms with Crippen LogP contribution in [0.1, 0.15) is 36.4 Å². The zero-order valence-corrected chi connectivity index (χ0v) is 24.9. The maximum absolute atomic E-state index is 12.5. The Morgan fingerprint density at radius 2 is 2.10 bits per heavy atom. The molecule has 0 saturated carbocycles. The average Bonchev–Trinajstić information content (AvgIpc) is 3.00. The first-order valence-electron chi connectivity index (χ1n) is 13.8. The average molecular weight is 602 g/mol. The Morgan fingerprint density at radius 1 is 1.24 bits per heavy atom. The highest BCUT2D eigenvalue weighted by atomic mass is 35.5. The number of hydrogen-bond donors (Lipinski definition) is 2. The van der Waals surface area contributed by atoms with Crippen molar-refractivity contribution in [2.45, 2.75) is 33.2 Å². The summed E-state index contributed by atoms with van der Waals surface area (Å²) in [7, 11) is 0. The number of amides is 1. The highest BCUT2D eigenvalue weighted by molar-refractivity contribution is 6.33. The molecule has 1 aliphatic heterocycles. The molecule has 1 aliphatic rings. The smallest absolute Gasteiger partial charge is 0.248 e. The van der Waals surface area contributed by atoms with Gasteiger partial charge in [-0.05, 0) is 55.7 Å². The number of alkyl halides is 1. The number of aromatic nitrogens is 2. The Morgan fingerprint density at radius 3 is 2.83 bits per heavy atom. The molecule has 2 aromatic heterocycles. The molecule has 3 heterocycles. The van der Waals surface area contributed by atoms with Gasteiger partial charge < -0.3 is 20.3 Å². The molecule has 0 saturated heterocycles. The van der Waals surface area contributed by atoms with Crippen molar-refractivity contribution < 1.29 is 9.53 Å². The number of rotatable bonds is 9. The number of nitrogens with zero attached hydrogens (tertiary/aromatic N) is 4. The van der Waals surface area contributed by atoms with Crippen LogP contribution in [0, 0.1) is 11.3 Å². The molecule has 0 radical (unpaired) electrons. The summed E-state index contributed by atoms with van der Waals surface area (Å²) in [5.41, 5.74) is 6.71. The second-order valence-electron chi connectivity index (χ2n) is 9.69. The predicted molar refractivity (Wildman–Crippen MR) is 169 cm³/mol. The van der Waals surface area contributed by atoms with E-state index in [9.17, 15) is 10.1 Å². The maximum atomic E-state index is 12.5. The van der Waals surface area contributed by atoms with Gasteiger partial charge in [-0.15, -0.1) is 11.6 Å². The molecule has 0 fully saturated rings. The number of hydrogen-bond acceptors (Lipinski definition) is 7. The fourth-order valence-corrected chi connectivity index (χ4v) is 5.48. The first-order valence-corrected chi connectivity index (χ1v) is 14.7. The Labute approximate surface area is 254 Å². The van der Waals surface area contributed by atoms with E-state index in [0.29, 0.717) is 63.9 Å². The Kier molecular flexibility index (Phi) is 9.11. The normalized spacial score (nSPS) is 12.7. The lowest BCUT2D eigenvalue weighted by Gasteiger charge is -2.30. The summed E-state index contributed by atoms with van der Waals surface area (Å²) in [4.78, 5) is 24.0. The number of carbonyl (C=O) groups excluding carboxylic acids is 1. The van der Waals surface area contributed by atoms with Crippen molar-refractivity contribution in [3.63, 3.8) is 0 Å². The van der Waals surface area contributed by atoms with Gasteiger partial charge in [0.25, 0.3) is 0 Å². The van der Waals surface area contributed by atoms with Gasteiger partial charge in [-0.25, -0.2) is 0 Å². The van der Waals surface area contributed by atoms with E-state index in [4.69, 9.17) is 32.9 Å². The summed E-state index contributed by atoms with van der Waals surface area (Å²) >= 11 is 12.5. The van der Waals surface area contributed by atoms with Crippen LogP contribution in [0.2, 0.25) is 5.02 Å². The van der Waals surface area contributed by atoms with E-state index in [2.05, 4.69) is 32.7 Å². The lowest BCUT2D eigenvalue weighted by atomic mass is 10.0. The highest BCUT2D eigenvalue weighted by Gasteiger charge is 2.21. The van der Waals surface area contributed by atoms with Gasteiger partial charge in [0.2, 0.25) is 5.91 Å². The van der Waals surface area contributed by atoms with Crippen molar-refractivity contribution in [1.82, 2.24) is 9.97 Å². The lowest BCUT2D eigenvalue weighted by Crippen LogP contribution is -2.31. The molecule has 42 heavy (non-hydrogen) atoms. The molecule has 0 spiro atoms. The van der Waals surface area contributed by atoms with Crippen LogP contribution in [0.15, 0.2) is 60.8 Å². The van der Waals surface area contributed by atoms with E-state index in [-0.39, 0.29) is 11.8 Å². The monoisotopic (exact) mass is 600 g/mol. The Hall–Kier alpha value is -4.32. The van der Waals surface area contributed by atoms with Crippen LogP contribution in [0.3, 0.4) is 0 Å². The van der Waals surface area contributed by atoms with Gasteiger partial charge in [0, 0.05) is 41.8 Å². The minimum Gasteiger partial charge on any atom is -0.492 e. The van der Waals surface area contributed by atoms with Crippen LogP contribution >= 0.6 is 23.2 Å². The fraction of sp³-hybridized carbons (Fsp3) is 0.250. The second kappa shape index (κ2) is 13.1. The number of carbonyl (C=O) groups is 1. The van der Waals surface area contributed by atoms with Crippen LogP contribution < -0.4 is 20.3 Å². The molecule has 2 N–H and O–H groups in total. The number of ether oxygens (including phenoxy) is 1. The third-order valence-corrected chi connectivity index (χ3v) is 7.54. The zero-order chi connectivity index (χ0) is 29.6. The molecular weight excluding hydrogens is 571 g/mol. The number of allylic oxidation sites excluding steroid dienone is 1. The number of benzene rings is 2. The molecule has 2 aromatic carbocycles.